The molecule has 2 heterocycles. The van der Waals surface area contributed by atoms with E-state index in [-0.39, 0.29) is 19.4 Å². The molecule has 5 N–H and O–H groups in total. The van der Waals surface area contributed by atoms with Gasteiger partial charge in [0.05, 0.1) is 25.4 Å². The Kier molecular flexibility index (Phi) is 7.14. The fourth-order valence-electron chi connectivity index (χ4n) is 2.72. The molecule has 0 saturated carbocycles. The highest BCUT2D eigenvalue weighted by atomic mass is 16.7. The van der Waals surface area contributed by atoms with Crippen molar-refractivity contribution in [2.75, 3.05) is 19.8 Å². The van der Waals surface area contributed by atoms with E-state index in [0.717, 1.165) is 0 Å². The van der Waals surface area contributed by atoms with Crippen LogP contribution < -0.4 is 0 Å². The van der Waals surface area contributed by atoms with Gasteiger partial charge >= 0.3 is 0 Å². The summed E-state index contributed by atoms with van der Waals surface area (Å²) in [7, 11) is 0. The maximum atomic E-state index is 9.96. The first kappa shape index (κ1) is 19.0. The zero-order valence-electron chi connectivity index (χ0n) is 13.0. The summed E-state index contributed by atoms with van der Waals surface area (Å²) in [6.45, 7) is 1.66. The van der Waals surface area contributed by atoms with E-state index < -0.39 is 55.8 Å². The molecule has 0 aromatic rings. The van der Waals surface area contributed by atoms with Gasteiger partial charge in [0.2, 0.25) is 0 Å². The predicted molar refractivity (Wildman–Crippen MR) is 75.2 cm³/mol. The Morgan fingerprint density at radius 2 is 1.39 bits per heavy atom. The second-order valence-corrected chi connectivity index (χ2v) is 5.77. The molecule has 0 aliphatic carbocycles. The van der Waals surface area contributed by atoms with Crippen LogP contribution in [0.25, 0.3) is 0 Å². The van der Waals surface area contributed by atoms with Crippen molar-refractivity contribution in [3.63, 3.8) is 0 Å². The van der Waals surface area contributed by atoms with E-state index in [0.29, 0.717) is 6.61 Å². The van der Waals surface area contributed by atoms with Crippen LogP contribution in [0.15, 0.2) is 0 Å². The van der Waals surface area contributed by atoms with E-state index >= 15 is 0 Å². The second-order valence-electron chi connectivity index (χ2n) is 5.77. The zero-order chi connectivity index (χ0) is 17.0. The Bertz CT molecular complexity index is 355. The minimum atomic E-state index is -1.18. The maximum absolute atomic E-state index is 9.96. The van der Waals surface area contributed by atoms with Crippen LogP contribution in [0.1, 0.15) is 19.8 Å². The Hall–Kier alpha value is -0.360. The van der Waals surface area contributed by atoms with Crippen LogP contribution in [0.4, 0.5) is 0 Å². The van der Waals surface area contributed by atoms with Crippen LogP contribution in [0.5, 0.6) is 0 Å². The summed E-state index contributed by atoms with van der Waals surface area (Å²) >= 11 is 0. The first-order valence-electron chi connectivity index (χ1n) is 7.83. The second kappa shape index (κ2) is 8.65. The number of ether oxygens (including phenoxy) is 4. The molecule has 9 heteroatoms. The van der Waals surface area contributed by atoms with Gasteiger partial charge in [-0.3, -0.25) is 0 Å². The molecule has 0 radical (unpaired) electrons. The lowest BCUT2D eigenvalue weighted by atomic mass is 10.0. The van der Waals surface area contributed by atoms with Gasteiger partial charge in [-0.15, -0.1) is 0 Å². The van der Waals surface area contributed by atoms with Crippen molar-refractivity contribution < 1.29 is 44.5 Å². The molecule has 0 aromatic heterocycles. The van der Waals surface area contributed by atoms with E-state index in [1.165, 1.54) is 0 Å². The van der Waals surface area contributed by atoms with E-state index in [9.17, 15) is 20.4 Å². The molecule has 9 nitrogen and oxygen atoms in total. The predicted octanol–water partition coefficient (Wildman–Crippen LogP) is -2.29. The third-order valence-corrected chi connectivity index (χ3v) is 4.05. The summed E-state index contributed by atoms with van der Waals surface area (Å²) in [5.74, 6) is 0. The highest BCUT2D eigenvalue weighted by Crippen LogP contribution is 2.25. The molecule has 8 atom stereocenters. The minimum Gasteiger partial charge on any atom is -0.394 e. The Labute approximate surface area is 134 Å². The molecule has 2 aliphatic heterocycles. The van der Waals surface area contributed by atoms with Crippen LogP contribution in [0.2, 0.25) is 0 Å². The molecule has 2 rings (SSSR count). The number of hydrogen-bond donors (Lipinski definition) is 5. The van der Waals surface area contributed by atoms with Crippen LogP contribution in [-0.2, 0) is 18.9 Å². The van der Waals surface area contributed by atoms with Gasteiger partial charge in [-0.1, -0.05) is 0 Å². The van der Waals surface area contributed by atoms with Gasteiger partial charge in [-0.05, 0) is 6.92 Å². The maximum Gasteiger partial charge on any atom is 0.160 e. The van der Waals surface area contributed by atoms with E-state index in [1.807, 2.05) is 0 Å². The lowest BCUT2D eigenvalue weighted by Crippen LogP contribution is -2.53. The summed E-state index contributed by atoms with van der Waals surface area (Å²) in [4.78, 5) is 0. The van der Waals surface area contributed by atoms with Crippen molar-refractivity contribution in [2.45, 2.75) is 69.0 Å². The highest BCUT2D eigenvalue weighted by molar-refractivity contribution is 4.85. The smallest absolute Gasteiger partial charge is 0.160 e. The average molecular weight is 338 g/mol. The minimum absolute atomic E-state index is 0.0257. The summed E-state index contributed by atoms with van der Waals surface area (Å²) < 4.78 is 21.6. The lowest BCUT2D eigenvalue weighted by molar-refractivity contribution is -0.291. The molecular formula is C14H26O9. The highest BCUT2D eigenvalue weighted by Gasteiger charge is 2.40. The van der Waals surface area contributed by atoms with Crippen molar-refractivity contribution in [1.82, 2.24) is 0 Å². The van der Waals surface area contributed by atoms with E-state index in [4.69, 9.17) is 24.1 Å². The quantitative estimate of drug-likeness (QED) is 0.362. The molecule has 0 spiro atoms. The first-order chi connectivity index (χ1) is 11.0. The van der Waals surface area contributed by atoms with Gasteiger partial charge in [0.25, 0.3) is 0 Å². The van der Waals surface area contributed by atoms with Crippen molar-refractivity contribution in [2.24, 2.45) is 0 Å². The van der Waals surface area contributed by atoms with Gasteiger partial charge in [0, 0.05) is 19.4 Å². The molecule has 136 valence electrons. The molecule has 2 fully saturated rings. The summed E-state index contributed by atoms with van der Waals surface area (Å²) in [6, 6.07) is 0. The largest absolute Gasteiger partial charge is 0.394 e. The fourth-order valence-corrected chi connectivity index (χ4v) is 2.72. The standard InChI is InChI=1S/C14H26O9/c1-2-20-11-3-8(17)14(19)10(23-11)6-21-12-4-7(16)13(18)9(5-15)22-12/h7-19H,2-6H2,1H3/t7?,8-,9?,10?,11?,12?,13?,14?/m1/s1. The summed E-state index contributed by atoms with van der Waals surface area (Å²) in [5, 5.41) is 48.3. The third kappa shape index (κ3) is 4.81. The average Bonchev–Trinajstić information content (AvgIpc) is 2.52. The van der Waals surface area contributed by atoms with Crippen LogP contribution in [0.3, 0.4) is 0 Å². The Morgan fingerprint density at radius 3 is 1.96 bits per heavy atom. The number of aliphatic hydroxyl groups is 5. The van der Waals surface area contributed by atoms with Crippen molar-refractivity contribution in [3.8, 4) is 0 Å². The normalized spacial score (nSPS) is 45.1. The summed E-state index contributed by atoms with van der Waals surface area (Å²) in [6.07, 6.45) is -7.41. The topological polar surface area (TPSA) is 138 Å². The zero-order valence-corrected chi connectivity index (χ0v) is 13.0. The number of hydrogen-bond acceptors (Lipinski definition) is 9. The SMILES string of the molecule is CCOC1C[C@@H](O)C(O)C(COC2CC(O)C(O)C(CO)O2)O1. The summed E-state index contributed by atoms with van der Waals surface area (Å²) in [5.41, 5.74) is 0. The lowest BCUT2D eigenvalue weighted by Gasteiger charge is -2.39. The molecule has 2 saturated heterocycles. The molecule has 23 heavy (non-hydrogen) atoms. The molecule has 2 aliphatic rings. The molecule has 7 unspecified atom stereocenters. The van der Waals surface area contributed by atoms with Crippen molar-refractivity contribution >= 4 is 0 Å². The van der Waals surface area contributed by atoms with Crippen LogP contribution >= 0.6 is 0 Å². The van der Waals surface area contributed by atoms with Gasteiger partial charge < -0.3 is 44.5 Å². The Balaban J connectivity index is 1.86. The molecule has 0 amide bonds. The monoisotopic (exact) mass is 338 g/mol. The van der Waals surface area contributed by atoms with Gasteiger partial charge in [-0.25, -0.2) is 0 Å². The molecular weight excluding hydrogens is 312 g/mol. The van der Waals surface area contributed by atoms with Gasteiger partial charge in [0.15, 0.2) is 12.6 Å². The molecule has 0 bridgehead atoms. The van der Waals surface area contributed by atoms with E-state index in [2.05, 4.69) is 0 Å². The number of aliphatic hydroxyl groups excluding tert-OH is 5. The van der Waals surface area contributed by atoms with Crippen molar-refractivity contribution in [1.29, 1.82) is 0 Å². The van der Waals surface area contributed by atoms with Crippen molar-refractivity contribution in [3.05, 3.63) is 0 Å². The Morgan fingerprint density at radius 1 is 0.870 bits per heavy atom. The fraction of sp³-hybridized carbons (Fsp3) is 1.00. The van der Waals surface area contributed by atoms with Crippen LogP contribution in [-0.4, -0.2) is 94.6 Å². The molecule has 0 aromatic carbocycles. The van der Waals surface area contributed by atoms with Gasteiger partial charge in [0.1, 0.15) is 24.4 Å². The first-order valence-corrected chi connectivity index (χ1v) is 7.83. The van der Waals surface area contributed by atoms with Crippen LogP contribution in [0, 0.1) is 0 Å². The number of rotatable bonds is 6. The third-order valence-electron chi connectivity index (χ3n) is 4.05. The van der Waals surface area contributed by atoms with E-state index in [1.54, 1.807) is 6.92 Å². The van der Waals surface area contributed by atoms with Gasteiger partial charge in [-0.2, -0.15) is 0 Å².